The highest BCUT2D eigenvalue weighted by Crippen LogP contribution is 2.52. The number of pyridine rings is 1. The minimum Gasteiger partial charge on any atom is -0.507 e. The molecule has 4 aliphatic rings. The second-order valence-corrected chi connectivity index (χ2v) is 12.8. The topological polar surface area (TPSA) is 171 Å². The Labute approximate surface area is 253 Å². The number of aromatic hydroxyl groups is 1. The van der Waals surface area contributed by atoms with E-state index in [1.807, 2.05) is 0 Å². The van der Waals surface area contributed by atoms with Crippen LogP contribution in [0.5, 0.6) is 5.75 Å². The molecule has 1 saturated heterocycles. The molecule has 1 aromatic carbocycles. The Kier molecular flexibility index (Phi) is 7.50. The summed E-state index contributed by atoms with van der Waals surface area (Å²) >= 11 is 0. The van der Waals surface area contributed by atoms with Crippen LogP contribution in [-0.2, 0) is 32.1 Å². The molecule has 12 heteroatoms. The van der Waals surface area contributed by atoms with E-state index in [4.69, 9.17) is 5.73 Å². The molecule has 3 aliphatic carbocycles. The highest BCUT2D eigenvalue weighted by atomic mass is 19.1. The molecule has 0 radical (unpaired) electrons. The number of phenolic OH excluding ortho intramolecular Hbond substituents is 1. The number of aromatic nitrogens is 1. The summed E-state index contributed by atoms with van der Waals surface area (Å²) in [5.74, 6) is -11.6. The number of ketones is 4. The molecular formula is C32H35FN4O7. The molecule has 44 heavy (non-hydrogen) atoms. The van der Waals surface area contributed by atoms with Gasteiger partial charge in [0.25, 0.3) is 0 Å². The fourth-order valence-electron chi connectivity index (χ4n) is 8.00. The van der Waals surface area contributed by atoms with Crippen LogP contribution in [-0.4, -0.2) is 92.9 Å². The molecule has 2 unspecified atom stereocenters. The number of halogens is 1. The standard InChI is InChI=1S/C32H35FN4O7/c1-36(2)25-20-12-16-10-19-18(15-6-7-21(33)35-13-15)11-17(14-37-8-4-3-5-9-37)26(38)23(19)27(39)22(16)29(41)32(20,44)30(42)24(28(25)40)31(34)43/h6-7,11,13,16,20,22,24-25,38,44H,3-5,8-10,12,14H2,1-2H3,(H2,34,43)/t16-,20-,22?,24?,25-,32-/m0/s1. The van der Waals surface area contributed by atoms with Crippen molar-refractivity contribution in [3.63, 3.8) is 0 Å². The molecule has 11 nitrogen and oxygen atoms in total. The molecule has 6 atom stereocenters. The van der Waals surface area contributed by atoms with Crippen molar-refractivity contribution in [2.45, 2.75) is 50.3 Å². The number of nitrogens with zero attached hydrogens (tertiary/aromatic N) is 3. The smallest absolute Gasteiger partial charge is 0.235 e. The molecule has 0 bridgehead atoms. The maximum Gasteiger partial charge on any atom is 0.235 e. The summed E-state index contributed by atoms with van der Waals surface area (Å²) in [7, 11) is 3.08. The first-order chi connectivity index (χ1) is 20.9. The zero-order chi connectivity index (χ0) is 31.7. The van der Waals surface area contributed by atoms with Crippen LogP contribution in [0.15, 0.2) is 24.4 Å². The van der Waals surface area contributed by atoms with Crippen LogP contribution < -0.4 is 5.73 Å². The van der Waals surface area contributed by atoms with Crippen molar-refractivity contribution in [1.82, 2.24) is 14.8 Å². The molecule has 1 aliphatic heterocycles. The number of phenols is 1. The number of rotatable bonds is 5. The fraction of sp³-hybridized carbons (Fsp3) is 0.500. The van der Waals surface area contributed by atoms with Gasteiger partial charge in [-0.05, 0) is 88.1 Å². The van der Waals surface area contributed by atoms with Crippen LogP contribution in [0, 0.1) is 29.6 Å². The normalized spacial score (nSPS) is 30.6. The number of benzene rings is 1. The number of primary amides is 1. The number of hydrogen-bond donors (Lipinski definition) is 3. The van der Waals surface area contributed by atoms with Crippen LogP contribution >= 0.6 is 0 Å². The molecule has 6 rings (SSSR count). The van der Waals surface area contributed by atoms with Crippen LogP contribution in [0.2, 0.25) is 0 Å². The summed E-state index contributed by atoms with van der Waals surface area (Å²) in [6.45, 7) is 1.96. The van der Waals surface area contributed by atoms with Gasteiger partial charge >= 0.3 is 0 Å². The largest absolute Gasteiger partial charge is 0.507 e. The van der Waals surface area contributed by atoms with Gasteiger partial charge in [-0.1, -0.05) is 6.42 Å². The Hall–Kier alpha value is -3.87. The predicted molar refractivity (Wildman–Crippen MR) is 154 cm³/mol. The van der Waals surface area contributed by atoms with Gasteiger partial charge in [0.1, 0.15) is 5.75 Å². The second-order valence-electron chi connectivity index (χ2n) is 12.8. The van der Waals surface area contributed by atoms with Gasteiger partial charge < -0.3 is 15.9 Å². The van der Waals surface area contributed by atoms with Gasteiger partial charge in [0.2, 0.25) is 11.9 Å². The van der Waals surface area contributed by atoms with E-state index in [1.165, 1.54) is 37.3 Å². The molecule has 2 aromatic rings. The lowest BCUT2D eigenvalue weighted by molar-refractivity contribution is -0.181. The molecule has 1 amide bonds. The van der Waals surface area contributed by atoms with E-state index >= 15 is 0 Å². The quantitative estimate of drug-likeness (QED) is 0.330. The maximum absolute atomic E-state index is 14.3. The summed E-state index contributed by atoms with van der Waals surface area (Å²) in [5.41, 5.74) is 4.52. The van der Waals surface area contributed by atoms with E-state index in [-0.39, 0.29) is 24.2 Å². The first-order valence-corrected chi connectivity index (χ1v) is 14.9. The summed E-state index contributed by atoms with van der Waals surface area (Å²) in [4.78, 5) is 75.0. The number of Topliss-reactive ketones (excluding diaryl/α,β-unsaturated/α-hetero) is 4. The minimum absolute atomic E-state index is 0.0543. The lowest BCUT2D eigenvalue weighted by atomic mass is 9.52. The van der Waals surface area contributed by atoms with Crippen LogP contribution in [0.25, 0.3) is 11.1 Å². The molecule has 2 heterocycles. The minimum atomic E-state index is -2.79. The van der Waals surface area contributed by atoms with Gasteiger partial charge in [0, 0.05) is 29.8 Å². The van der Waals surface area contributed by atoms with Crippen molar-refractivity contribution in [1.29, 1.82) is 0 Å². The van der Waals surface area contributed by atoms with Gasteiger partial charge in [0.05, 0.1) is 17.5 Å². The first kappa shape index (κ1) is 30.2. The van der Waals surface area contributed by atoms with Crippen molar-refractivity contribution in [2.24, 2.45) is 29.4 Å². The Morgan fingerprint density at radius 3 is 2.45 bits per heavy atom. The summed E-state index contributed by atoms with van der Waals surface area (Å²) < 4.78 is 13.8. The van der Waals surface area contributed by atoms with E-state index in [1.54, 1.807) is 6.07 Å². The monoisotopic (exact) mass is 606 g/mol. The van der Waals surface area contributed by atoms with E-state index < -0.39 is 70.3 Å². The number of aliphatic hydroxyl groups is 1. The SMILES string of the molecule is CN(C)[C@@H]1C(=O)C(C(N)=O)C(=O)[C@@]2(O)C(=O)C3C(=O)c4c(O)c(CN5CCCCC5)cc(-c5ccc(F)nc5)c4C[C@H]3C[C@@H]12. The Bertz CT molecular complexity index is 1590. The number of likely N-dealkylation sites (tertiary alicyclic amines) is 1. The fourth-order valence-corrected chi connectivity index (χ4v) is 8.00. The van der Waals surface area contributed by atoms with Crippen LogP contribution in [0.1, 0.15) is 47.2 Å². The Balaban J connectivity index is 1.50. The van der Waals surface area contributed by atoms with Crippen LogP contribution in [0.3, 0.4) is 0 Å². The first-order valence-electron chi connectivity index (χ1n) is 14.9. The number of hydrogen-bond acceptors (Lipinski definition) is 10. The summed E-state index contributed by atoms with van der Waals surface area (Å²) in [5, 5.41) is 23.4. The number of carbonyl (C=O) groups excluding carboxylic acids is 5. The number of nitrogens with two attached hydrogens (primary N) is 1. The van der Waals surface area contributed by atoms with Gasteiger partial charge in [0.15, 0.2) is 34.7 Å². The Morgan fingerprint density at radius 1 is 1.14 bits per heavy atom. The number of likely N-dealkylation sites (N-methyl/N-ethyl adjacent to an activating group) is 1. The molecule has 4 N–H and O–H groups in total. The zero-order valence-corrected chi connectivity index (χ0v) is 24.6. The van der Waals surface area contributed by atoms with Crippen molar-refractivity contribution in [2.75, 3.05) is 27.2 Å². The highest BCUT2D eigenvalue weighted by molar-refractivity contribution is 6.32. The van der Waals surface area contributed by atoms with E-state index in [0.717, 1.165) is 32.4 Å². The van der Waals surface area contributed by atoms with E-state index in [0.29, 0.717) is 28.8 Å². The molecule has 1 aromatic heterocycles. The average molecular weight is 607 g/mol. The predicted octanol–water partition coefficient (Wildman–Crippen LogP) is 1.05. The lowest BCUT2D eigenvalue weighted by Crippen LogP contribution is -2.74. The molecular weight excluding hydrogens is 571 g/mol. The number of amides is 1. The summed E-state index contributed by atoms with van der Waals surface area (Å²) in [6.07, 6.45) is 4.49. The van der Waals surface area contributed by atoms with E-state index in [2.05, 4.69) is 9.88 Å². The maximum atomic E-state index is 14.3. The molecule has 0 spiro atoms. The third kappa shape index (κ3) is 4.50. The molecule has 2 saturated carbocycles. The van der Waals surface area contributed by atoms with Crippen molar-refractivity contribution < 1.29 is 38.6 Å². The van der Waals surface area contributed by atoms with Crippen LogP contribution in [0.4, 0.5) is 4.39 Å². The summed E-state index contributed by atoms with van der Waals surface area (Å²) in [6, 6.07) is 3.33. The van der Waals surface area contributed by atoms with Crippen molar-refractivity contribution in [3.05, 3.63) is 47.0 Å². The van der Waals surface area contributed by atoms with Gasteiger partial charge in [-0.25, -0.2) is 4.98 Å². The van der Waals surface area contributed by atoms with Gasteiger partial charge in [-0.3, -0.25) is 33.8 Å². The molecule has 232 valence electrons. The third-order valence-electron chi connectivity index (χ3n) is 10.0. The second kappa shape index (κ2) is 10.9. The molecule has 3 fully saturated rings. The average Bonchev–Trinajstić information content (AvgIpc) is 2.97. The van der Waals surface area contributed by atoms with E-state index in [9.17, 15) is 38.6 Å². The highest BCUT2D eigenvalue weighted by Gasteiger charge is 2.69. The zero-order valence-electron chi connectivity index (χ0n) is 24.6. The van der Waals surface area contributed by atoms with Gasteiger partial charge in [-0.2, -0.15) is 4.39 Å². The van der Waals surface area contributed by atoms with Gasteiger partial charge in [-0.15, -0.1) is 0 Å². The number of fused-ring (bicyclic) bond motifs is 3. The Morgan fingerprint density at radius 2 is 1.84 bits per heavy atom. The lowest BCUT2D eigenvalue weighted by Gasteiger charge is -2.52. The number of piperidine rings is 1. The third-order valence-corrected chi connectivity index (χ3v) is 10.0. The number of carbonyl (C=O) groups is 5. The van der Waals surface area contributed by atoms with Crippen molar-refractivity contribution in [3.8, 4) is 16.9 Å². The van der Waals surface area contributed by atoms with Crippen molar-refractivity contribution >= 4 is 29.0 Å².